The molecule has 0 heterocycles. The fourth-order valence-corrected chi connectivity index (χ4v) is 3.45. The lowest BCUT2D eigenvalue weighted by Gasteiger charge is -2.21. The summed E-state index contributed by atoms with van der Waals surface area (Å²) in [4.78, 5) is 13.0. The highest BCUT2D eigenvalue weighted by Gasteiger charge is 2.21. The van der Waals surface area contributed by atoms with E-state index in [0.717, 1.165) is 24.0 Å². The average Bonchev–Trinajstić information content (AvgIpc) is 2.59. The topological polar surface area (TPSA) is 63.2 Å². The Bertz CT molecular complexity index is 799. The fraction of sp³-hybridized carbons (Fsp3) is 0.350. The predicted octanol–water partition coefficient (Wildman–Crippen LogP) is 3.85. The summed E-state index contributed by atoms with van der Waals surface area (Å²) in [5.41, 5.74) is 1.89. The number of nitrogens with one attached hydrogen (secondary N) is 1. The van der Waals surface area contributed by atoms with E-state index in [-0.39, 0.29) is 22.8 Å². The van der Waals surface area contributed by atoms with Crippen molar-refractivity contribution < 1.29 is 13.2 Å². The van der Waals surface area contributed by atoms with E-state index in [1.807, 2.05) is 37.3 Å². The normalized spacial score (nSPS) is 13.9. The van der Waals surface area contributed by atoms with Crippen LogP contribution in [0.3, 0.4) is 0 Å². The third-order valence-corrected chi connectivity index (χ3v) is 5.39. The molecule has 5 heteroatoms. The van der Waals surface area contributed by atoms with Crippen LogP contribution in [0, 0.1) is 0 Å². The van der Waals surface area contributed by atoms with Crippen LogP contribution in [0.4, 0.5) is 0 Å². The van der Waals surface area contributed by atoms with Gasteiger partial charge in [0.05, 0.1) is 16.9 Å². The monoisotopic (exact) mass is 359 g/mol. The van der Waals surface area contributed by atoms with Crippen LogP contribution in [0.2, 0.25) is 0 Å². The Labute approximate surface area is 150 Å². The molecule has 2 atom stereocenters. The smallest absolute Gasteiger partial charge is 0.228 e. The summed E-state index contributed by atoms with van der Waals surface area (Å²) in [6.07, 6.45) is 2.89. The third-order valence-electron chi connectivity index (χ3n) is 4.26. The van der Waals surface area contributed by atoms with Gasteiger partial charge in [-0.2, -0.15) is 0 Å². The van der Waals surface area contributed by atoms with Crippen LogP contribution in [0.15, 0.2) is 59.5 Å². The quantitative estimate of drug-likeness (QED) is 0.817. The van der Waals surface area contributed by atoms with Crippen molar-refractivity contribution in [3.8, 4) is 0 Å². The second-order valence-corrected chi connectivity index (χ2v) is 8.34. The van der Waals surface area contributed by atoms with E-state index in [0.29, 0.717) is 0 Å². The molecule has 4 nitrogen and oxygen atoms in total. The zero-order chi connectivity index (χ0) is 18.4. The maximum absolute atomic E-state index is 12.7. The molecule has 1 amide bonds. The Morgan fingerprint density at radius 3 is 2.12 bits per heavy atom. The van der Waals surface area contributed by atoms with E-state index < -0.39 is 9.84 Å². The van der Waals surface area contributed by atoms with Crippen molar-refractivity contribution in [2.45, 2.75) is 43.5 Å². The van der Waals surface area contributed by atoms with Crippen molar-refractivity contribution in [3.05, 3.63) is 65.7 Å². The van der Waals surface area contributed by atoms with Gasteiger partial charge in [0.25, 0.3) is 0 Å². The second kappa shape index (κ2) is 8.30. The van der Waals surface area contributed by atoms with E-state index in [1.165, 1.54) is 6.26 Å². The van der Waals surface area contributed by atoms with Gasteiger partial charge in [-0.05, 0) is 36.6 Å². The van der Waals surface area contributed by atoms with Gasteiger partial charge < -0.3 is 5.32 Å². The minimum atomic E-state index is -3.21. The number of rotatable bonds is 7. The van der Waals surface area contributed by atoms with Crippen LogP contribution in [0.1, 0.15) is 49.8 Å². The van der Waals surface area contributed by atoms with Crippen molar-refractivity contribution in [1.82, 2.24) is 5.32 Å². The van der Waals surface area contributed by atoms with Gasteiger partial charge in [0, 0.05) is 6.26 Å². The minimum absolute atomic E-state index is 0.00672. The van der Waals surface area contributed by atoms with E-state index in [9.17, 15) is 13.2 Å². The molecule has 2 rings (SSSR count). The Hall–Kier alpha value is -2.14. The molecule has 0 saturated heterocycles. The van der Waals surface area contributed by atoms with E-state index in [4.69, 9.17) is 0 Å². The van der Waals surface area contributed by atoms with Crippen LogP contribution in [-0.2, 0) is 14.6 Å². The molecule has 0 bridgehead atoms. The van der Waals surface area contributed by atoms with Crippen molar-refractivity contribution in [2.75, 3.05) is 6.26 Å². The van der Waals surface area contributed by atoms with Crippen molar-refractivity contribution in [1.29, 1.82) is 0 Å². The Morgan fingerprint density at radius 1 is 1.00 bits per heavy atom. The Balaban J connectivity index is 2.12. The number of amides is 1. The summed E-state index contributed by atoms with van der Waals surface area (Å²) in [5, 5.41) is 3.05. The van der Waals surface area contributed by atoms with Gasteiger partial charge in [-0.1, -0.05) is 55.8 Å². The van der Waals surface area contributed by atoms with Crippen LogP contribution in [0.5, 0.6) is 0 Å². The molecule has 25 heavy (non-hydrogen) atoms. The number of hydrogen-bond donors (Lipinski definition) is 1. The largest absolute Gasteiger partial charge is 0.349 e. The first-order chi connectivity index (χ1) is 11.8. The molecule has 1 N–H and O–H groups in total. The first kappa shape index (κ1) is 19.2. The summed E-state index contributed by atoms with van der Waals surface area (Å²) in [7, 11) is -3.21. The highest BCUT2D eigenvalue weighted by molar-refractivity contribution is 7.90. The highest BCUT2D eigenvalue weighted by atomic mass is 32.2. The summed E-state index contributed by atoms with van der Waals surface area (Å²) in [6.45, 7) is 3.97. The first-order valence-corrected chi connectivity index (χ1v) is 10.4. The van der Waals surface area contributed by atoms with Gasteiger partial charge >= 0.3 is 0 Å². The average molecular weight is 359 g/mol. The molecule has 0 fully saturated rings. The lowest BCUT2D eigenvalue weighted by atomic mass is 9.93. The second-order valence-electron chi connectivity index (χ2n) is 6.32. The molecule has 2 aromatic rings. The summed E-state index contributed by atoms with van der Waals surface area (Å²) >= 11 is 0. The van der Waals surface area contributed by atoms with Crippen LogP contribution < -0.4 is 5.32 Å². The van der Waals surface area contributed by atoms with Crippen molar-refractivity contribution in [2.24, 2.45) is 0 Å². The summed E-state index contributed by atoms with van der Waals surface area (Å²) < 4.78 is 23.1. The molecule has 0 aliphatic heterocycles. The fourth-order valence-electron chi connectivity index (χ4n) is 2.82. The van der Waals surface area contributed by atoms with Crippen molar-refractivity contribution >= 4 is 15.7 Å². The predicted molar refractivity (Wildman–Crippen MR) is 100 cm³/mol. The molecule has 0 aliphatic carbocycles. The number of hydrogen-bond acceptors (Lipinski definition) is 3. The number of sulfone groups is 1. The maximum Gasteiger partial charge on any atom is 0.228 e. The van der Waals surface area contributed by atoms with Crippen LogP contribution in [0.25, 0.3) is 0 Å². The standard InChI is InChI=1S/C20H25NO3S/c1-4-8-19(17-9-6-5-7-10-17)20(22)21-15(2)16-11-13-18(14-12-16)25(3,23)24/h5-7,9-15,19H,4,8H2,1-3H3,(H,21,22). The van der Waals surface area contributed by atoms with E-state index in [1.54, 1.807) is 24.3 Å². The Morgan fingerprint density at radius 2 is 1.60 bits per heavy atom. The molecule has 0 aliphatic rings. The van der Waals surface area contributed by atoms with E-state index >= 15 is 0 Å². The summed E-state index contributed by atoms with van der Waals surface area (Å²) in [5.74, 6) is -0.184. The molecule has 0 radical (unpaired) electrons. The number of carbonyl (C=O) groups is 1. The van der Waals surface area contributed by atoms with Gasteiger partial charge in [-0.25, -0.2) is 8.42 Å². The van der Waals surface area contributed by atoms with Gasteiger partial charge in [0.1, 0.15) is 0 Å². The lowest BCUT2D eigenvalue weighted by molar-refractivity contribution is -0.123. The maximum atomic E-state index is 12.7. The van der Waals surface area contributed by atoms with Gasteiger partial charge in [0.2, 0.25) is 5.91 Å². The SMILES string of the molecule is CCCC(C(=O)NC(C)c1ccc(S(C)(=O)=O)cc1)c1ccccc1. The zero-order valence-electron chi connectivity index (χ0n) is 14.9. The van der Waals surface area contributed by atoms with Crippen LogP contribution in [-0.4, -0.2) is 20.6 Å². The molecule has 134 valence electrons. The minimum Gasteiger partial charge on any atom is -0.349 e. The molecule has 0 spiro atoms. The van der Waals surface area contributed by atoms with Gasteiger partial charge in [-0.15, -0.1) is 0 Å². The molecule has 2 aromatic carbocycles. The van der Waals surface area contributed by atoms with Crippen molar-refractivity contribution in [3.63, 3.8) is 0 Å². The molecular weight excluding hydrogens is 334 g/mol. The first-order valence-electron chi connectivity index (χ1n) is 8.48. The molecule has 0 aromatic heterocycles. The molecule has 0 saturated carbocycles. The third kappa shape index (κ3) is 5.16. The van der Waals surface area contributed by atoms with E-state index in [2.05, 4.69) is 12.2 Å². The molecular formula is C20H25NO3S. The number of carbonyl (C=O) groups excluding carboxylic acids is 1. The van der Waals surface area contributed by atoms with Crippen LogP contribution >= 0.6 is 0 Å². The lowest BCUT2D eigenvalue weighted by Crippen LogP contribution is -2.31. The zero-order valence-corrected chi connectivity index (χ0v) is 15.7. The summed E-state index contributed by atoms with van der Waals surface area (Å²) in [6, 6.07) is 16.2. The number of benzene rings is 2. The Kier molecular flexibility index (Phi) is 6.37. The van der Waals surface area contributed by atoms with Gasteiger partial charge in [-0.3, -0.25) is 4.79 Å². The van der Waals surface area contributed by atoms with Gasteiger partial charge in [0.15, 0.2) is 9.84 Å². The molecule has 2 unspecified atom stereocenters. The highest BCUT2D eigenvalue weighted by Crippen LogP contribution is 2.23.